The van der Waals surface area contributed by atoms with Gasteiger partial charge in [0.05, 0.1) is 11.6 Å². The molecule has 1 atom stereocenters. The van der Waals surface area contributed by atoms with Crippen LogP contribution in [-0.2, 0) is 17.5 Å². The quantitative estimate of drug-likeness (QED) is 0.870. The Labute approximate surface area is 123 Å². The lowest BCUT2D eigenvalue weighted by molar-refractivity contribution is -0.138. The molecule has 0 unspecified atom stereocenters. The van der Waals surface area contributed by atoms with E-state index in [0.29, 0.717) is 4.47 Å². The first kappa shape index (κ1) is 18.2. The molecule has 3 nitrogen and oxygen atoms in total. The molecule has 0 saturated carbocycles. The van der Waals surface area contributed by atoms with Gasteiger partial charge in [-0.15, -0.1) is 12.4 Å². The Morgan fingerprint density at radius 1 is 1.47 bits per heavy atom. The molecule has 1 aromatic rings. The Bertz CT molecular complexity index is 452. The van der Waals surface area contributed by atoms with Gasteiger partial charge in [-0.1, -0.05) is 22.0 Å². The Kier molecular flexibility index (Phi) is 6.82. The van der Waals surface area contributed by atoms with E-state index in [9.17, 15) is 18.0 Å². The van der Waals surface area contributed by atoms with Crippen LogP contribution in [0.25, 0.3) is 0 Å². The summed E-state index contributed by atoms with van der Waals surface area (Å²) in [6.07, 6.45) is -4.46. The van der Waals surface area contributed by atoms with Crippen molar-refractivity contribution in [2.75, 3.05) is 0 Å². The molecule has 0 aliphatic heterocycles. The van der Waals surface area contributed by atoms with E-state index in [-0.39, 0.29) is 24.5 Å². The maximum Gasteiger partial charge on any atom is 0.416 e. The van der Waals surface area contributed by atoms with Crippen molar-refractivity contribution in [1.82, 2.24) is 5.32 Å². The van der Waals surface area contributed by atoms with E-state index in [2.05, 4.69) is 21.2 Å². The van der Waals surface area contributed by atoms with Crippen LogP contribution < -0.4 is 11.1 Å². The molecule has 0 aromatic heterocycles. The molecule has 1 amide bonds. The summed E-state index contributed by atoms with van der Waals surface area (Å²) in [5.41, 5.74) is 4.53. The van der Waals surface area contributed by atoms with Crippen LogP contribution in [-0.4, -0.2) is 11.9 Å². The van der Waals surface area contributed by atoms with Crippen molar-refractivity contribution in [3.63, 3.8) is 0 Å². The molecule has 0 aliphatic rings. The highest BCUT2D eigenvalue weighted by Crippen LogP contribution is 2.33. The second-order valence-corrected chi connectivity index (χ2v) is 4.72. The summed E-state index contributed by atoms with van der Waals surface area (Å²) in [4.78, 5) is 11.2. The van der Waals surface area contributed by atoms with Crippen LogP contribution in [0, 0.1) is 0 Å². The Morgan fingerprint density at radius 3 is 2.53 bits per heavy atom. The number of nitrogens with two attached hydrogens (primary N) is 1. The minimum Gasteiger partial charge on any atom is -0.351 e. The average molecular weight is 362 g/mol. The number of benzene rings is 1. The van der Waals surface area contributed by atoms with Crippen molar-refractivity contribution in [3.05, 3.63) is 33.8 Å². The largest absolute Gasteiger partial charge is 0.416 e. The summed E-state index contributed by atoms with van der Waals surface area (Å²) in [5.74, 6) is -0.494. The fraction of sp³-hybridized carbons (Fsp3) is 0.364. The maximum atomic E-state index is 12.8. The van der Waals surface area contributed by atoms with E-state index in [0.717, 1.165) is 6.07 Å². The van der Waals surface area contributed by atoms with Gasteiger partial charge in [-0.2, -0.15) is 13.2 Å². The van der Waals surface area contributed by atoms with Gasteiger partial charge in [-0.05, 0) is 24.6 Å². The SMILES string of the molecule is C[C@@H](N)C(=O)NCc1ccc(Br)cc1C(F)(F)F.Cl. The van der Waals surface area contributed by atoms with Crippen LogP contribution in [0.1, 0.15) is 18.1 Å². The van der Waals surface area contributed by atoms with Crippen LogP contribution in [0.2, 0.25) is 0 Å². The van der Waals surface area contributed by atoms with Gasteiger partial charge >= 0.3 is 6.18 Å². The molecule has 108 valence electrons. The number of alkyl halides is 3. The third-order valence-electron chi connectivity index (χ3n) is 2.24. The second kappa shape index (κ2) is 7.12. The van der Waals surface area contributed by atoms with Crippen molar-refractivity contribution in [1.29, 1.82) is 0 Å². The standard InChI is InChI=1S/C11H12BrF3N2O.ClH/c1-6(16)10(18)17-5-7-2-3-8(12)4-9(7)11(13,14)15;/h2-4,6H,5,16H2,1H3,(H,17,18);1H/t6-;/m1./s1. The van der Waals surface area contributed by atoms with Crippen molar-refractivity contribution >= 4 is 34.2 Å². The summed E-state index contributed by atoms with van der Waals surface area (Å²) in [6.45, 7) is 1.25. The van der Waals surface area contributed by atoms with Crippen LogP contribution in [0.5, 0.6) is 0 Å². The van der Waals surface area contributed by atoms with E-state index in [1.807, 2.05) is 0 Å². The van der Waals surface area contributed by atoms with E-state index in [1.54, 1.807) is 0 Å². The van der Waals surface area contributed by atoms with Gasteiger partial charge in [0.25, 0.3) is 0 Å². The fourth-order valence-corrected chi connectivity index (χ4v) is 1.67. The molecule has 0 radical (unpaired) electrons. The van der Waals surface area contributed by atoms with Crippen molar-refractivity contribution in [3.8, 4) is 0 Å². The van der Waals surface area contributed by atoms with E-state index in [1.165, 1.54) is 19.1 Å². The molecule has 0 spiro atoms. The second-order valence-electron chi connectivity index (χ2n) is 3.81. The molecule has 0 aliphatic carbocycles. The maximum absolute atomic E-state index is 12.8. The minimum absolute atomic E-state index is 0. The Morgan fingerprint density at radius 2 is 2.05 bits per heavy atom. The summed E-state index contributed by atoms with van der Waals surface area (Å²) >= 11 is 2.98. The molecule has 0 fully saturated rings. The molecule has 0 saturated heterocycles. The summed E-state index contributed by atoms with van der Waals surface area (Å²) in [6, 6.07) is 3.03. The zero-order chi connectivity index (χ0) is 13.9. The Hall–Kier alpha value is -0.790. The lowest BCUT2D eigenvalue weighted by Crippen LogP contribution is -2.38. The lowest BCUT2D eigenvalue weighted by atomic mass is 10.1. The molecular weight excluding hydrogens is 348 g/mol. The van der Waals surface area contributed by atoms with Gasteiger partial charge < -0.3 is 11.1 Å². The normalized spacial score (nSPS) is 12.5. The number of carbonyl (C=O) groups is 1. The third-order valence-corrected chi connectivity index (χ3v) is 2.74. The fourth-order valence-electron chi connectivity index (χ4n) is 1.31. The number of hydrogen-bond acceptors (Lipinski definition) is 2. The molecule has 0 bridgehead atoms. The smallest absolute Gasteiger partial charge is 0.351 e. The first-order valence-electron chi connectivity index (χ1n) is 5.10. The van der Waals surface area contributed by atoms with Crippen LogP contribution >= 0.6 is 28.3 Å². The van der Waals surface area contributed by atoms with E-state index < -0.39 is 23.7 Å². The van der Waals surface area contributed by atoms with Gasteiger partial charge in [0.1, 0.15) is 0 Å². The monoisotopic (exact) mass is 360 g/mol. The number of halogens is 5. The molecule has 1 aromatic carbocycles. The molecular formula is C11H13BrClF3N2O. The number of amides is 1. The van der Waals surface area contributed by atoms with Crippen molar-refractivity contribution in [2.24, 2.45) is 5.73 Å². The highest BCUT2D eigenvalue weighted by Gasteiger charge is 2.33. The van der Waals surface area contributed by atoms with Crippen LogP contribution in [0.15, 0.2) is 22.7 Å². The van der Waals surface area contributed by atoms with E-state index in [4.69, 9.17) is 5.73 Å². The highest BCUT2D eigenvalue weighted by atomic mass is 79.9. The first-order valence-corrected chi connectivity index (χ1v) is 5.90. The third kappa shape index (κ3) is 5.38. The topological polar surface area (TPSA) is 55.1 Å². The number of hydrogen-bond donors (Lipinski definition) is 2. The predicted molar refractivity (Wildman–Crippen MR) is 71.9 cm³/mol. The average Bonchev–Trinajstić information content (AvgIpc) is 2.25. The molecule has 3 N–H and O–H groups in total. The molecule has 8 heteroatoms. The first-order chi connectivity index (χ1) is 8.21. The van der Waals surface area contributed by atoms with E-state index >= 15 is 0 Å². The number of rotatable bonds is 3. The lowest BCUT2D eigenvalue weighted by Gasteiger charge is -2.14. The van der Waals surface area contributed by atoms with Gasteiger partial charge in [0, 0.05) is 11.0 Å². The molecule has 1 rings (SSSR count). The molecule has 19 heavy (non-hydrogen) atoms. The Balaban J connectivity index is 0.00000324. The summed E-state index contributed by atoms with van der Waals surface area (Å²) < 4.78 is 38.6. The van der Waals surface area contributed by atoms with Gasteiger partial charge in [0.2, 0.25) is 5.91 Å². The van der Waals surface area contributed by atoms with Crippen molar-refractivity contribution in [2.45, 2.75) is 25.7 Å². The van der Waals surface area contributed by atoms with Gasteiger partial charge in [-0.25, -0.2) is 0 Å². The number of carbonyl (C=O) groups excluding carboxylic acids is 1. The highest BCUT2D eigenvalue weighted by molar-refractivity contribution is 9.10. The zero-order valence-corrected chi connectivity index (χ0v) is 12.3. The number of nitrogens with one attached hydrogen (secondary N) is 1. The van der Waals surface area contributed by atoms with Crippen LogP contribution in [0.3, 0.4) is 0 Å². The summed E-state index contributed by atoms with van der Waals surface area (Å²) in [7, 11) is 0. The predicted octanol–water partition coefficient (Wildman–Crippen LogP) is 2.85. The summed E-state index contributed by atoms with van der Waals surface area (Å²) in [5, 5.41) is 2.35. The molecule has 0 heterocycles. The minimum atomic E-state index is -4.46. The van der Waals surface area contributed by atoms with Crippen molar-refractivity contribution < 1.29 is 18.0 Å². The van der Waals surface area contributed by atoms with Gasteiger partial charge in [-0.3, -0.25) is 4.79 Å². The van der Waals surface area contributed by atoms with Crippen LogP contribution in [0.4, 0.5) is 13.2 Å². The van der Waals surface area contributed by atoms with Gasteiger partial charge in [0.15, 0.2) is 0 Å². The zero-order valence-electron chi connectivity index (χ0n) is 9.92.